The lowest BCUT2D eigenvalue weighted by atomic mass is 10.2. The zero-order valence-corrected chi connectivity index (χ0v) is 9.66. The van der Waals surface area contributed by atoms with Gasteiger partial charge >= 0.3 is 5.97 Å². The second-order valence-corrected chi connectivity index (χ2v) is 4.08. The van der Waals surface area contributed by atoms with Crippen molar-refractivity contribution in [3.8, 4) is 10.4 Å². The van der Waals surface area contributed by atoms with Gasteiger partial charge in [-0.2, -0.15) is 0 Å². The molecule has 0 aliphatic carbocycles. The zero-order chi connectivity index (χ0) is 11.4. The van der Waals surface area contributed by atoms with Crippen LogP contribution in [0.5, 0.6) is 0 Å². The number of ether oxygens (including phenoxy) is 1. The Morgan fingerprint density at radius 3 is 3.06 bits per heavy atom. The molecule has 0 unspecified atom stereocenters. The largest absolute Gasteiger partial charge is 0.461 e. The number of nitrogens with zero attached hydrogens (tertiary/aromatic N) is 1. The molecule has 0 aliphatic heterocycles. The fourth-order valence-electron chi connectivity index (χ4n) is 1.34. The van der Waals surface area contributed by atoms with Crippen LogP contribution in [0, 0.1) is 0 Å². The average Bonchev–Trinajstić information content (AvgIpc) is 2.83. The molecule has 0 aliphatic rings. The molecular formula is C12H11NO2S. The SMILES string of the molecule is CCOC(=O)c1cc(-c2cccs2)ccn1. The molecule has 16 heavy (non-hydrogen) atoms. The number of carbonyl (C=O) groups is 1. The van der Waals surface area contributed by atoms with Crippen LogP contribution >= 0.6 is 11.3 Å². The number of aromatic nitrogens is 1. The number of carbonyl (C=O) groups excluding carboxylic acids is 1. The van der Waals surface area contributed by atoms with Gasteiger partial charge in [0.25, 0.3) is 0 Å². The molecule has 0 saturated carbocycles. The quantitative estimate of drug-likeness (QED) is 0.765. The van der Waals surface area contributed by atoms with Crippen LogP contribution in [0.4, 0.5) is 0 Å². The van der Waals surface area contributed by atoms with Crippen LogP contribution in [0.1, 0.15) is 17.4 Å². The van der Waals surface area contributed by atoms with Crippen molar-refractivity contribution in [3.63, 3.8) is 0 Å². The van der Waals surface area contributed by atoms with Crippen molar-refractivity contribution in [2.45, 2.75) is 6.92 Å². The van der Waals surface area contributed by atoms with Crippen molar-refractivity contribution in [2.24, 2.45) is 0 Å². The Balaban J connectivity index is 2.30. The van der Waals surface area contributed by atoms with Gasteiger partial charge in [-0.3, -0.25) is 0 Å². The van der Waals surface area contributed by atoms with Crippen LogP contribution in [0.3, 0.4) is 0 Å². The maximum Gasteiger partial charge on any atom is 0.356 e. The summed E-state index contributed by atoms with van der Waals surface area (Å²) in [5.41, 5.74) is 1.35. The summed E-state index contributed by atoms with van der Waals surface area (Å²) in [5, 5.41) is 2.00. The highest BCUT2D eigenvalue weighted by atomic mass is 32.1. The monoisotopic (exact) mass is 233 g/mol. The van der Waals surface area contributed by atoms with Crippen LogP contribution < -0.4 is 0 Å². The van der Waals surface area contributed by atoms with Crippen LogP contribution in [-0.4, -0.2) is 17.6 Å². The maximum absolute atomic E-state index is 11.5. The molecule has 0 saturated heterocycles. The molecule has 0 fully saturated rings. The Morgan fingerprint density at radius 1 is 1.50 bits per heavy atom. The van der Waals surface area contributed by atoms with E-state index in [9.17, 15) is 4.79 Å². The predicted molar refractivity (Wildman–Crippen MR) is 63.5 cm³/mol. The molecule has 0 atom stereocenters. The number of esters is 1. The molecule has 0 spiro atoms. The third-order valence-corrected chi connectivity index (χ3v) is 2.97. The molecule has 2 heterocycles. The summed E-state index contributed by atoms with van der Waals surface area (Å²) in [6.07, 6.45) is 1.63. The summed E-state index contributed by atoms with van der Waals surface area (Å²) in [6.45, 7) is 2.14. The van der Waals surface area contributed by atoms with E-state index in [-0.39, 0.29) is 5.97 Å². The predicted octanol–water partition coefficient (Wildman–Crippen LogP) is 2.99. The van der Waals surface area contributed by atoms with E-state index in [1.54, 1.807) is 30.5 Å². The van der Waals surface area contributed by atoms with Gasteiger partial charge in [-0.25, -0.2) is 9.78 Å². The zero-order valence-electron chi connectivity index (χ0n) is 8.84. The van der Waals surface area contributed by atoms with Crippen molar-refractivity contribution in [3.05, 3.63) is 41.5 Å². The number of hydrogen-bond acceptors (Lipinski definition) is 4. The van der Waals surface area contributed by atoms with E-state index in [4.69, 9.17) is 4.74 Å². The Labute approximate surface area is 97.7 Å². The van der Waals surface area contributed by atoms with Crippen molar-refractivity contribution in [1.82, 2.24) is 4.98 Å². The van der Waals surface area contributed by atoms with E-state index in [2.05, 4.69) is 4.98 Å². The highest BCUT2D eigenvalue weighted by Gasteiger charge is 2.09. The fourth-order valence-corrected chi connectivity index (χ4v) is 2.07. The summed E-state index contributed by atoms with van der Waals surface area (Å²) >= 11 is 1.63. The molecule has 0 aromatic carbocycles. The van der Waals surface area contributed by atoms with Crippen molar-refractivity contribution in [1.29, 1.82) is 0 Å². The van der Waals surface area contributed by atoms with Gasteiger partial charge in [0.05, 0.1) is 6.61 Å². The van der Waals surface area contributed by atoms with E-state index in [1.165, 1.54) is 0 Å². The van der Waals surface area contributed by atoms with Gasteiger partial charge < -0.3 is 4.74 Å². The van der Waals surface area contributed by atoms with Gasteiger partial charge in [0.2, 0.25) is 0 Å². The van der Waals surface area contributed by atoms with Crippen molar-refractivity contribution >= 4 is 17.3 Å². The maximum atomic E-state index is 11.5. The van der Waals surface area contributed by atoms with Crippen molar-refractivity contribution in [2.75, 3.05) is 6.61 Å². The Morgan fingerprint density at radius 2 is 2.38 bits per heavy atom. The lowest BCUT2D eigenvalue weighted by Crippen LogP contribution is -2.06. The lowest BCUT2D eigenvalue weighted by Gasteiger charge is -2.02. The molecule has 3 nitrogen and oxygen atoms in total. The van der Waals surface area contributed by atoms with Gasteiger partial charge in [-0.05, 0) is 36.1 Å². The topological polar surface area (TPSA) is 39.2 Å². The third kappa shape index (κ3) is 2.28. The molecule has 0 radical (unpaired) electrons. The molecule has 0 amide bonds. The second kappa shape index (κ2) is 4.90. The van der Waals surface area contributed by atoms with Gasteiger partial charge in [0.15, 0.2) is 0 Å². The first-order chi connectivity index (χ1) is 7.81. The number of thiophene rings is 1. The minimum Gasteiger partial charge on any atom is -0.461 e. The van der Waals surface area contributed by atoms with E-state index in [1.807, 2.05) is 23.6 Å². The van der Waals surface area contributed by atoms with Crippen LogP contribution in [-0.2, 0) is 4.74 Å². The first kappa shape index (κ1) is 10.8. The Kier molecular flexibility index (Phi) is 3.31. The highest BCUT2D eigenvalue weighted by Crippen LogP contribution is 2.24. The number of hydrogen-bond donors (Lipinski definition) is 0. The second-order valence-electron chi connectivity index (χ2n) is 3.13. The van der Waals surface area contributed by atoms with E-state index < -0.39 is 0 Å². The molecule has 2 aromatic heterocycles. The minimum absolute atomic E-state index is 0.354. The lowest BCUT2D eigenvalue weighted by molar-refractivity contribution is 0.0519. The van der Waals surface area contributed by atoms with Gasteiger partial charge in [-0.1, -0.05) is 6.07 Å². The summed E-state index contributed by atoms with van der Waals surface area (Å²) in [7, 11) is 0. The molecule has 0 bridgehead atoms. The molecule has 2 rings (SSSR count). The summed E-state index contributed by atoms with van der Waals surface area (Å²) < 4.78 is 4.90. The van der Waals surface area contributed by atoms with Gasteiger partial charge in [-0.15, -0.1) is 11.3 Å². The van der Waals surface area contributed by atoms with E-state index in [0.717, 1.165) is 10.4 Å². The van der Waals surface area contributed by atoms with Gasteiger partial charge in [0, 0.05) is 11.1 Å². The normalized spacial score (nSPS) is 10.1. The third-order valence-electron chi connectivity index (χ3n) is 2.05. The fraction of sp³-hybridized carbons (Fsp3) is 0.167. The Bertz CT molecular complexity index is 480. The van der Waals surface area contributed by atoms with Gasteiger partial charge in [0.1, 0.15) is 5.69 Å². The number of rotatable bonds is 3. The van der Waals surface area contributed by atoms with Crippen LogP contribution in [0.15, 0.2) is 35.8 Å². The number of pyridine rings is 1. The molecule has 82 valence electrons. The molecule has 0 N–H and O–H groups in total. The summed E-state index contributed by atoms with van der Waals surface area (Å²) in [4.78, 5) is 16.6. The first-order valence-electron chi connectivity index (χ1n) is 4.98. The summed E-state index contributed by atoms with van der Waals surface area (Å²) in [6, 6.07) is 7.62. The summed E-state index contributed by atoms with van der Waals surface area (Å²) in [5.74, 6) is -0.374. The molecular weight excluding hydrogens is 222 g/mol. The van der Waals surface area contributed by atoms with Crippen LogP contribution in [0.25, 0.3) is 10.4 Å². The van der Waals surface area contributed by atoms with E-state index in [0.29, 0.717) is 12.3 Å². The van der Waals surface area contributed by atoms with Crippen LogP contribution in [0.2, 0.25) is 0 Å². The molecule has 4 heteroatoms. The van der Waals surface area contributed by atoms with Crippen molar-refractivity contribution < 1.29 is 9.53 Å². The minimum atomic E-state index is -0.374. The molecule has 2 aromatic rings. The smallest absolute Gasteiger partial charge is 0.356 e. The average molecular weight is 233 g/mol. The highest BCUT2D eigenvalue weighted by molar-refractivity contribution is 7.13. The Hall–Kier alpha value is -1.68. The first-order valence-corrected chi connectivity index (χ1v) is 5.86. The van der Waals surface area contributed by atoms with E-state index >= 15 is 0 Å². The standard InChI is InChI=1S/C12H11NO2S/c1-2-15-12(14)10-8-9(5-6-13-10)11-4-3-7-16-11/h3-8H,2H2,1H3.